The fourth-order valence-electron chi connectivity index (χ4n) is 1.73. The van der Waals surface area contributed by atoms with Gasteiger partial charge in [0.25, 0.3) is 0 Å². The first-order chi connectivity index (χ1) is 7.35. The van der Waals surface area contributed by atoms with E-state index in [1.807, 2.05) is 12.1 Å². The van der Waals surface area contributed by atoms with E-state index in [1.165, 1.54) is 5.56 Å². The molecule has 1 aliphatic rings. The highest BCUT2D eigenvalue weighted by atomic mass is 16.6. The second-order valence-corrected chi connectivity index (χ2v) is 3.43. The monoisotopic (exact) mass is 209 g/mol. The molecule has 1 aliphatic heterocycles. The lowest BCUT2D eigenvalue weighted by Gasteiger charge is -2.20. The molecule has 4 nitrogen and oxygen atoms in total. The molecular weight excluding hydrogens is 194 g/mol. The summed E-state index contributed by atoms with van der Waals surface area (Å²) in [7, 11) is 0. The summed E-state index contributed by atoms with van der Waals surface area (Å²) in [5, 5.41) is 0. The van der Waals surface area contributed by atoms with Gasteiger partial charge in [-0.15, -0.1) is 0 Å². The van der Waals surface area contributed by atoms with Gasteiger partial charge in [0.05, 0.1) is 6.61 Å². The van der Waals surface area contributed by atoms with Gasteiger partial charge in [-0.1, -0.05) is 6.92 Å². The maximum atomic E-state index is 5.50. The van der Waals surface area contributed by atoms with Crippen molar-refractivity contribution in [3.05, 3.63) is 23.3 Å². The van der Waals surface area contributed by atoms with Crippen LogP contribution in [-0.4, -0.2) is 13.2 Å². The minimum atomic E-state index is 0.403. The van der Waals surface area contributed by atoms with Crippen molar-refractivity contribution < 1.29 is 14.3 Å². The lowest BCUT2D eigenvalue weighted by atomic mass is 10.0. The van der Waals surface area contributed by atoms with Gasteiger partial charge in [0.1, 0.15) is 13.2 Å². The predicted molar refractivity (Wildman–Crippen MR) is 55.8 cm³/mol. The number of rotatable bonds is 3. The molecule has 1 heterocycles. The van der Waals surface area contributed by atoms with Crippen LogP contribution in [0, 0.1) is 0 Å². The average molecular weight is 209 g/mol. The summed E-state index contributed by atoms with van der Waals surface area (Å²) in [6.45, 7) is 3.70. The van der Waals surface area contributed by atoms with E-state index in [0.29, 0.717) is 19.8 Å². The van der Waals surface area contributed by atoms with Gasteiger partial charge in [0, 0.05) is 0 Å². The molecule has 0 aliphatic carbocycles. The fraction of sp³-hybridized carbons (Fsp3) is 0.455. The van der Waals surface area contributed by atoms with Gasteiger partial charge in [0.2, 0.25) is 0 Å². The summed E-state index contributed by atoms with van der Waals surface area (Å²) in [5.74, 6) is 6.69. The van der Waals surface area contributed by atoms with Gasteiger partial charge in [-0.3, -0.25) is 4.84 Å². The Labute approximate surface area is 88.9 Å². The van der Waals surface area contributed by atoms with E-state index in [9.17, 15) is 0 Å². The zero-order valence-electron chi connectivity index (χ0n) is 8.79. The summed E-state index contributed by atoms with van der Waals surface area (Å²) in [5.41, 5.74) is 2.24. The third-order valence-corrected chi connectivity index (χ3v) is 2.48. The maximum absolute atomic E-state index is 5.50. The van der Waals surface area contributed by atoms with Crippen LogP contribution in [-0.2, 0) is 17.9 Å². The highest BCUT2D eigenvalue weighted by Crippen LogP contribution is 2.33. The SMILES string of the molecule is CCc1cc2c(cc1CON)OCCO2. The molecule has 0 unspecified atom stereocenters. The summed E-state index contributed by atoms with van der Waals surface area (Å²) >= 11 is 0. The van der Waals surface area contributed by atoms with Gasteiger partial charge in [-0.25, -0.2) is 5.90 Å². The normalized spacial score (nSPS) is 14.0. The van der Waals surface area contributed by atoms with Crippen LogP contribution < -0.4 is 15.4 Å². The molecule has 0 saturated carbocycles. The second-order valence-electron chi connectivity index (χ2n) is 3.43. The largest absolute Gasteiger partial charge is 0.486 e. The lowest BCUT2D eigenvalue weighted by molar-refractivity contribution is 0.122. The molecule has 1 aromatic carbocycles. The van der Waals surface area contributed by atoms with Crippen molar-refractivity contribution in [2.45, 2.75) is 20.0 Å². The highest BCUT2D eigenvalue weighted by Gasteiger charge is 2.14. The first kappa shape index (κ1) is 10.3. The first-order valence-corrected chi connectivity index (χ1v) is 5.08. The zero-order chi connectivity index (χ0) is 10.7. The summed E-state index contributed by atoms with van der Waals surface area (Å²) in [4.78, 5) is 4.67. The molecule has 0 fully saturated rings. The van der Waals surface area contributed by atoms with E-state index in [-0.39, 0.29) is 0 Å². The van der Waals surface area contributed by atoms with E-state index in [0.717, 1.165) is 23.5 Å². The second kappa shape index (κ2) is 4.51. The molecule has 15 heavy (non-hydrogen) atoms. The number of nitrogens with two attached hydrogens (primary N) is 1. The predicted octanol–water partition coefficient (Wildman–Crippen LogP) is 1.41. The van der Waals surface area contributed by atoms with Crippen LogP contribution in [0.2, 0.25) is 0 Å². The number of benzene rings is 1. The highest BCUT2D eigenvalue weighted by molar-refractivity contribution is 5.48. The molecule has 0 radical (unpaired) electrons. The molecule has 0 spiro atoms. The number of fused-ring (bicyclic) bond motifs is 1. The van der Waals surface area contributed by atoms with Crippen LogP contribution in [0.5, 0.6) is 11.5 Å². The Morgan fingerprint density at radius 3 is 2.33 bits per heavy atom. The molecular formula is C11H15NO3. The molecule has 0 bridgehead atoms. The van der Waals surface area contributed by atoms with Crippen LogP contribution in [0.4, 0.5) is 0 Å². The third kappa shape index (κ3) is 2.06. The zero-order valence-corrected chi connectivity index (χ0v) is 8.79. The fourth-order valence-corrected chi connectivity index (χ4v) is 1.73. The van der Waals surface area contributed by atoms with Crippen molar-refractivity contribution >= 4 is 0 Å². The van der Waals surface area contributed by atoms with Crippen molar-refractivity contribution in [3.8, 4) is 11.5 Å². The third-order valence-electron chi connectivity index (χ3n) is 2.48. The summed E-state index contributed by atoms with van der Waals surface area (Å²) < 4.78 is 11.0. The Hall–Kier alpha value is -1.26. The van der Waals surface area contributed by atoms with Gasteiger partial charge in [-0.2, -0.15) is 0 Å². The molecule has 0 atom stereocenters. The van der Waals surface area contributed by atoms with Crippen LogP contribution >= 0.6 is 0 Å². The van der Waals surface area contributed by atoms with Crippen LogP contribution in [0.15, 0.2) is 12.1 Å². The standard InChI is InChI=1S/C11H15NO3/c1-2-8-5-10-11(14-4-3-13-10)6-9(8)7-15-12/h5-6H,2-4,7,12H2,1H3. The van der Waals surface area contributed by atoms with Crippen LogP contribution in [0.3, 0.4) is 0 Å². The van der Waals surface area contributed by atoms with Gasteiger partial charge >= 0.3 is 0 Å². The quantitative estimate of drug-likeness (QED) is 0.765. The van der Waals surface area contributed by atoms with Crippen molar-refractivity contribution in [3.63, 3.8) is 0 Å². The molecule has 4 heteroatoms. The van der Waals surface area contributed by atoms with E-state index < -0.39 is 0 Å². The molecule has 0 amide bonds. The van der Waals surface area contributed by atoms with Crippen LogP contribution in [0.25, 0.3) is 0 Å². The van der Waals surface area contributed by atoms with Crippen LogP contribution in [0.1, 0.15) is 18.1 Å². The van der Waals surface area contributed by atoms with E-state index >= 15 is 0 Å². The molecule has 0 saturated heterocycles. The number of ether oxygens (including phenoxy) is 2. The molecule has 2 rings (SSSR count). The van der Waals surface area contributed by atoms with E-state index in [1.54, 1.807) is 0 Å². The average Bonchev–Trinajstić information content (AvgIpc) is 2.28. The maximum Gasteiger partial charge on any atom is 0.161 e. The Bertz CT molecular complexity index is 352. The smallest absolute Gasteiger partial charge is 0.161 e. The Morgan fingerprint density at radius 2 is 1.80 bits per heavy atom. The molecule has 2 N–H and O–H groups in total. The topological polar surface area (TPSA) is 53.7 Å². The van der Waals surface area contributed by atoms with Gasteiger partial charge in [-0.05, 0) is 29.7 Å². The Kier molecular flexibility index (Phi) is 3.08. The summed E-state index contributed by atoms with van der Waals surface area (Å²) in [6, 6.07) is 3.95. The minimum absolute atomic E-state index is 0.403. The number of hydrogen-bond donors (Lipinski definition) is 1. The van der Waals surface area contributed by atoms with Gasteiger partial charge in [0.15, 0.2) is 11.5 Å². The van der Waals surface area contributed by atoms with Crippen molar-refractivity contribution in [1.82, 2.24) is 0 Å². The van der Waals surface area contributed by atoms with E-state index in [2.05, 4.69) is 11.8 Å². The number of hydrogen-bond acceptors (Lipinski definition) is 4. The molecule has 0 aromatic heterocycles. The summed E-state index contributed by atoms with van der Waals surface area (Å²) in [6.07, 6.45) is 0.926. The van der Waals surface area contributed by atoms with Crippen molar-refractivity contribution in [1.29, 1.82) is 0 Å². The van der Waals surface area contributed by atoms with E-state index in [4.69, 9.17) is 15.4 Å². The molecule has 82 valence electrons. The van der Waals surface area contributed by atoms with Crippen molar-refractivity contribution in [2.75, 3.05) is 13.2 Å². The van der Waals surface area contributed by atoms with Crippen molar-refractivity contribution in [2.24, 2.45) is 5.90 Å². The Balaban J connectivity index is 2.37. The number of aryl methyl sites for hydroxylation is 1. The first-order valence-electron chi connectivity index (χ1n) is 5.08. The Morgan fingerprint density at radius 1 is 1.20 bits per heavy atom. The minimum Gasteiger partial charge on any atom is -0.486 e. The van der Waals surface area contributed by atoms with Gasteiger partial charge < -0.3 is 9.47 Å². The molecule has 1 aromatic rings. The lowest BCUT2D eigenvalue weighted by Crippen LogP contribution is -2.16.